The minimum absolute atomic E-state index is 0.00132. The lowest BCUT2D eigenvalue weighted by atomic mass is 10.0. The average Bonchev–Trinajstić information content (AvgIpc) is 2.78. The normalized spacial score (nSPS) is 17.9. The van der Waals surface area contributed by atoms with E-state index in [1.807, 2.05) is 0 Å². The van der Waals surface area contributed by atoms with Gasteiger partial charge in [-0.25, -0.2) is 0 Å². The third kappa shape index (κ3) is 2.74. The number of para-hydroxylation sites is 1. The number of hydrogen-bond acceptors (Lipinski definition) is 7. The van der Waals surface area contributed by atoms with Crippen LogP contribution in [0.15, 0.2) is 63.8 Å². The maximum atomic E-state index is 12.9. The predicted octanol–water partition coefficient (Wildman–Crippen LogP) is 3.53. The molecule has 0 fully saturated rings. The molecule has 4 aromatic rings. The summed E-state index contributed by atoms with van der Waals surface area (Å²) in [4.78, 5) is 12.9. The molecule has 0 saturated carbocycles. The van der Waals surface area contributed by atoms with Crippen LogP contribution in [0.1, 0.15) is 11.7 Å². The first kappa shape index (κ1) is 18.3. The zero-order valence-electron chi connectivity index (χ0n) is 16.0. The van der Waals surface area contributed by atoms with Gasteiger partial charge in [-0.2, -0.15) is 0 Å². The van der Waals surface area contributed by atoms with Crippen molar-refractivity contribution >= 4 is 21.9 Å². The van der Waals surface area contributed by atoms with Crippen LogP contribution >= 0.6 is 0 Å². The van der Waals surface area contributed by atoms with Crippen molar-refractivity contribution in [1.29, 1.82) is 0 Å². The van der Waals surface area contributed by atoms with E-state index in [1.54, 1.807) is 48.5 Å². The van der Waals surface area contributed by atoms with Crippen LogP contribution in [0.4, 0.5) is 0 Å². The van der Waals surface area contributed by atoms with Crippen molar-refractivity contribution in [3.05, 3.63) is 70.4 Å². The number of methoxy groups -OCH3 is 1. The van der Waals surface area contributed by atoms with Crippen LogP contribution in [-0.4, -0.2) is 30.0 Å². The van der Waals surface area contributed by atoms with Gasteiger partial charge in [0.2, 0.25) is 11.2 Å². The first-order valence-corrected chi connectivity index (χ1v) is 9.40. The number of rotatable bonds is 3. The van der Waals surface area contributed by atoms with Crippen LogP contribution in [-0.2, 0) is 0 Å². The van der Waals surface area contributed by atoms with E-state index in [0.717, 1.165) is 0 Å². The standard InChI is InChI=1S/C23H18O7/c1-27-18-10-12(6-8-15(18)25)21-19(11-24)30-23-17(29-21)9-7-14-20(26)13-4-2-3-5-16(13)28-22(14)23/h2-10,19,21,24-25H,11H2,1H3/t19-,21-/m0/s1. The third-order valence-electron chi connectivity index (χ3n) is 5.24. The number of fused-ring (bicyclic) bond motifs is 4. The number of ether oxygens (including phenoxy) is 3. The molecular weight excluding hydrogens is 388 g/mol. The highest BCUT2D eigenvalue weighted by molar-refractivity contribution is 5.93. The molecule has 1 aliphatic heterocycles. The van der Waals surface area contributed by atoms with E-state index in [4.69, 9.17) is 18.6 Å². The highest BCUT2D eigenvalue weighted by Crippen LogP contribution is 2.44. The Morgan fingerprint density at radius 1 is 1.03 bits per heavy atom. The molecule has 0 aliphatic carbocycles. The number of phenolic OH excluding ortho intramolecular Hbond substituents is 1. The van der Waals surface area contributed by atoms with E-state index in [1.165, 1.54) is 13.2 Å². The van der Waals surface area contributed by atoms with Gasteiger partial charge in [0.15, 0.2) is 35.0 Å². The van der Waals surface area contributed by atoms with Gasteiger partial charge in [-0.15, -0.1) is 0 Å². The molecule has 0 radical (unpaired) electrons. The molecule has 0 spiro atoms. The van der Waals surface area contributed by atoms with Crippen LogP contribution in [0.2, 0.25) is 0 Å². The summed E-state index contributed by atoms with van der Waals surface area (Å²) >= 11 is 0. The summed E-state index contributed by atoms with van der Waals surface area (Å²) < 4.78 is 23.3. The monoisotopic (exact) mass is 406 g/mol. The van der Waals surface area contributed by atoms with Gasteiger partial charge in [0.05, 0.1) is 24.5 Å². The lowest BCUT2D eigenvalue weighted by Gasteiger charge is -2.33. The Morgan fingerprint density at radius 2 is 1.87 bits per heavy atom. The van der Waals surface area contributed by atoms with Crippen molar-refractivity contribution in [1.82, 2.24) is 0 Å². The van der Waals surface area contributed by atoms with Crippen LogP contribution in [0.3, 0.4) is 0 Å². The minimum Gasteiger partial charge on any atom is -0.504 e. The Morgan fingerprint density at radius 3 is 2.67 bits per heavy atom. The summed E-state index contributed by atoms with van der Waals surface area (Å²) in [5.41, 5.74) is 1.22. The van der Waals surface area contributed by atoms with E-state index < -0.39 is 12.2 Å². The molecule has 1 aromatic heterocycles. The first-order chi connectivity index (χ1) is 14.6. The Labute approximate surface area is 170 Å². The second kappa shape index (κ2) is 6.96. The van der Waals surface area contributed by atoms with Crippen molar-refractivity contribution in [3.63, 3.8) is 0 Å². The molecule has 5 rings (SSSR count). The Balaban J connectivity index is 1.66. The van der Waals surface area contributed by atoms with E-state index in [0.29, 0.717) is 27.7 Å². The maximum Gasteiger partial charge on any atom is 0.205 e. The molecule has 1 aliphatic rings. The van der Waals surface area contributed by atoms with Crippen LogP contribution in [0.5, 0.6) is 23.0 Å². The van der Waals surface area contributed by atoms with E-state index >= 15 is 0 Å². The largest absolute Gasteiger partial charge is 0.504 e. The van der Waals surface area contributed by atoms with Crippen LogP contribution in [0, 0.1) is 0 Å². The van der Waals surface area contributed by atoms with Crippen molar-refractivity contribution in [3.8, 4) is 23.0 Å². The molecule has 0 saturated heterocycles. The summed E-state index contributed by atoms with van der Waals surface area (Å²) in [6.07, 6.45) is -1.41. The van der Waals surface area contributed by atoms with Crippen molar-refractivity contribution in [2.45, 2.75) is 12.2 Å². The van der Waals surface area contributed by atoms with Gasteiger partial charge in [0.25, 0.3) is 0 Å². The van der Waals surface area contributed by atoms with Gasteiger partial charge in [0.1, 0.15) is 5.58 Å². The molecule has 2 N–H and O–H groups in total. The molecule has 7 nitrogen and oxygen atoms in total. The summed E-state index contributed by atoms with van der Waals surface area (Å²) in [6, 6.07) is 15.1. The molecule has 30 heavy (non-hydrogen) atoms. The number of phenols is 1. The Hall–Kier alpha value is -3.71. The Bertz CT molecular complexity index is 1320. The van der Waals surface area contributed by atoms with Gasteiger partial charge < -0.3 is 28.8 Å². The molecule has 2 atom stereocenters. The molecule has 0 unspecified atom stereocenters. The van der Waals surface area contributed by atoms with Crippen LogP contribution < -0.4 is 19.6 Å². The van der Waals surface area contributed by atoms with Crippen molar-refractivity contribution < 1.29 is 28.8 Å². The Kier molecular flexibility index (Phi) is 4.25. The smallest absolute Gasteiger partial charge is 0.205 e. The zero-order valence-corrected chi connectivity index (χ0v) is 16.0. The number of aliphatic hydroxyl groups excluding tert-OH is 1. The van der Waals surface area contributed by atoms with E-state index in [2.05, 4.69) is 0 Å². The predicted molar refractivity (Wildman–Crippen MR) is 110 cm³/mol. The second-order valence-electron chi connectivity index (χ2n) is 7.01. The first-order valence-electron chi connectivity index (χ1n) is 9.40. The molecule has 3 aromatic carbocycles. The lowest BCUT2D eigenvalue weighted by Crippen LogP contribution is -2.36. The zero-order chi connectivity index (χ0) is 20.8. The summed E-state index contributed by atoms with van der Waals surface area (Å²) in [5, 5.41) is 20.7. The summed E-state index contributed by atoms with van der Waals surface area (Å²) in [5.74, 6) is 0.951. The van der Waals surface area contributed by atoms with Gasteiger partial charge in [-0.3, -0.25) is 4.79 Å². The maximum absolute atomic E-state index is 12.9. The molecule has 0 bridgehead atoms. The fourth-order valence-electron chi connectivity index (χ4n) is 3.74. The number of benzene rings is 3. The van der Waals surface area contributed by atoms with Crippen LogP contribution in [0.25, 0.3) is 21.9 Å². The van der Waals surface area contributed by atoms with Gasteiger partial charge >= 0.3 is 0 Å². The molecule has 0 amide bonds. The van der Waals surface area contributed by atoms with Crippen molar-refractivity contribution in [2.75, 3.05) is 13.7 Å². The number of aliphatic hydroxyl groups is 1. The molecular formula is C23H18O7. The summed E-state index contributed by atoms with van der Waals surface area (Å²) in [7, 11) is 1.45. The quantitative estimate of drug-likeness (QED) is 0.502. The number of hydrogen-bond donors (Lipinski definition) is 2. The van der Waals surface area contributed by atoms with Gasteiger partial charge in [-0.1, -0.05) is 18.2 Å². The highest BCUT2D eigenvalue weighted by Gasteiger charge is 2.35. The second-order valence-corrected chi connectivity index (χ2v) is 7.01. The fourth-order valence-corrected chi connectivity index (χ4v) is 3.74. The molecule has 152 valence electrons. The van der Waals surface area contributed by atoms with E-state index in [-0.39, 0.29) is 34.9 Å². The van der Waals surface area contributed by atoms with Crippen molar-refractivity contribution in [2.24, 2.45) is 0 Å². The molecule has 2 heterocycles. The van der Waals surface area contributed by atoms with E-state index in [9.17, 15) is 15.0 Å². The van der Waals surface area contributed by atoms with Gasteiger partial charge in [-0.05, 0) is 36.4 Å². The average molecular weight is 406 g/mol. The topological polar surface area (TPSA) is 98.4 Å². The van der Waals surface area contributed by atoms with Gasteiger partial charge in [0, 0.05) is 5.56 Å². The fraction of sp³-hybridized carbons (Fsp3) is 0.174. The SMILES string of the molecule is COc1cc([C@@H]2Oc3ccc4c(=O)c5ccccc5oc4c3O[C@H]2CO)ccc1O. The minimum atomic E-state index is -0.755. The highest BCUT2D eigenvalue weighted by atomic mass is 16.6. The third-order valence-corrected chi connectivity index (χ3v) is 5.24. The number of aromatic hydroxyl groups is 1. The molecule has 7 heteroatoms. The summed E-state index contributed by atoms with van der Waals surface area (Å²) in [6.45, 7) is -0.332. The lowest BCUT2D eigenvalue weighted by molar-refractivity contribution is -0.0117.